The van der Waals surface area contributed by atoms with Crippen LogP contribution in [0.15, 0.2) is 0 Å². The molecular formula is C13H27N3. The second-order valence-corrected chi connectivity index (χ2v) is 5.95. The van der Waals surface area contributed by atoms with Gasteiger partial charge in [-0.2, -0.15) is 0 Å². The minimum atomic E-state index is 0.788. The molecule has 2 heterocycles. The molecule has 0 saturated carbocycles. The number of likely N-dealkylation sites (tertiary alicyclic amines) is 1. The van der Waals surface area contributed by atoms with E-state index in [1.54, 1.807) is 0 Å². The van der Waals surface area contributed by atoms with Crippen molar-refractivity contribution in [1.29, 1.82) is 0 Å². The van der Waals surface area contributed by atoms with E-state index in [1.165, 1.54) is 45.4 Å². The number of hydrogen-bond donors (Lipinski definition) is 1. The fourth-order valence-electron chi connectivity index (χ4n) is 3.34. The average Bonchev–Trinajstić information content (AvgIpc) is 2.65. The standard InChI is InChI=1S/C13H27N3/c1-11-7-13(9-14-8-11)16-6-4-5-12(16)10-15(2)3/h11-14H,4-10H2,1-3H3. The normalized spacial score (nSPS) is 37.1. The van der Waals surface area contributed by atoms with Gasteiger partial charge in [0.1, 0.15) is 0 Å². The summed E-state index contributed by atoms with van der Waals surface area (Å²) >= 11 is 0. The lowest BCUT2D eigenvalue weighted by molar-refractivity contribution is 0.116. The molecule has 0 bridgehead atoms. The van der Waals surface area contributed by atoms with Crippen molar-refractivity contribution in [2.24, 2.45) is 5.92 Å². The summed E-state index contributed by atoms with van der Waals surface area (Å²) in [6, 6.07) is 1.59. The summed E-state index contributed by atoms with van der Waals surface area (Å²) < 4.78 is 0. The van der Waals surface area contributed by atoms with Crippen LogP contribution in [-0.2, 0) is 0 Å². The van der Waals surface area contributed by atoms with E-state index < -0.39 is 0 Å². The minimum Gasteiger partial charge on any atom is -0.315 e. The number of nitrogens with zero attached hydrogens (tertiary/aromatic N) is 2. The number of rotatable bonds is 3. The van der Waals surface area contributed by atoms with E-state index in [2.05, 4.69) is 36.1 Å². The molecule has 3 nitrogen and oxygen atoms in total. The van der Waals surface area contributed by atoms with Crippen molar-refractivity contribution >= 4 is 0 Å². The summed E-state index contributed by atoms with van der Waals surface area (Å²) in [6.07, 6.45) is 4.17. The fraction of sp³-hybridized carbons (Fsp3) is 1.00. The Morgan fingerprint density at radius 3 is 2.81 bits per heavy atom. The van der Waals surface area contributed by atoms with E-state index in [-0.39, 0.29) is 0 Å². The number of hydrogen-bond acceptors (Lipinski definition) is 3. The highest BCUT2D eigenvalue weighted by molar-refractivity contribution is 4.90. The molecule has 2 fully saturated rings. The van der Waals surface area contributed by atoms with E-state index in [0.717, 1.165) is 18.0 Å². The summed E-state index contributed by atoms with van der Waals surface area (Å²) in [7, 11) is 4.39. The van der Waals surface area contributed by atoms with Crippen LogP contribution in [0.5, 0.6) is 0 Å². The van der Waals surface area contributed by atoms with Crippen molar-refractivity contribution in [3.05, 3.63) is 0 Å². The molecular weight excluding hydrogens is 198 g/mol. The fourth-order valence-corrected chi connectivity index (χ4v) is 3.34. The van der Waals surface area contributed by atoms with Crippen LogP contribution >= 0.6 is 0 Å². The molecule has 0 radical (unpaired) electrons. The SMILES string of the molecule is CC1CNCC(N2CCCC2CN(C)C)C1. The lowest BCUT2D eigenvalue weighted by Gasteiger charge is -2.38. The Kier molecular flexibility index (Phi) is 4.22. The molecule has 0 aliphatic carbocycles. The van der Waals surface area contributed by atoms with E-state index in [0.29, 0.717) is 0 Å². The first-order valence-corrected chi connectivity index (χ1v) is 6.78. The first kappa shape index (κ1) is 12.3. The molecule has 16 heavy (non-hydrogen) atoms. The van der Waals surface area contributed by atoms with Crippen LogP contribution in [-0.4, -0.2) is 62.2 Å². The Bertz CT molecular complexity index is 217. The van der Waals surface area contributed by atoms with Crippen molar-refractivity contribution in [2.75, 3.05) is 40.3 Å². The van der Waals surface area contributed by atoms with Gasteiger partial charge in [-0.3, -0.25) is 4.90 Å². The molecule has 0 aromatic rings. The first-order chi connectivity index (χ1) is 7.66. The van der Waals surface area contributed by atoms with Crippen molar-refractivity contribution in [3.8, 4) is 0 Å². The topological polar surface area (TPSA) is 18.5 Å². The molecule has 3 heteroatoms. The van der Waals surface area contributed by atoms with Crippen molar-refractivity contribution in [2.45, 2.75) is 38.3 Å². The van der Waals surface area contributed by atoms with Crippen LogP contribution in [0, 0.1) is 5.92 Å². The zero-order chi connectivity index (χ0) is 11.5. The lowest BCUT2D eigenvalue weighted by atomic mass is 9.96. The smallest absolute Gasteiger partial charge is 0.0227 e. The van der Waals surface area contributed by atoms with E-state index in [1.807, 2.05) is 0 Å². The first-order valence-electron chi connectivity index (χ1n) is 6.78. The predicted molar refractivity (Wildman–Crippen MR) is 68.7 cm³/mol. The van der Waals surface area contributed by atoms with E-state index in [4.69, 9.17) is 0 Å². The predicted octanol–water partition coefficient (Wildman–Crippen LogP) is 1.01. The molecule has 2 aliphatic rings. The summed E-state index contributed by atoms with van der Waals surface area (Å²) in [5.74, 6) is 0.847. The average molecular weight is 225 g/mol. The van der Waals surface area contributed by atoms with Crippen LogP contribution in [0.3, 0.4) is 0 Å². The maximum Gasteiger partial charge on any atom is 0.0227 e. The van der Waals surface area contributed by atoms with Crippen LogP contribution in [0.25, 0.3) is 0 Å². The van der Waals surface area contributed by atoms with Gasteiger partial charge in [-0.05, 0) is 52.4 Å². The maximum absolute atomic E-state index is 3.58. The van der Waals surface area contributed by atoms with Gasteiger partial charge in [0.05, 0.1) is 0 Å². The van der Waals surface area contributed by atoms with Crippen molar-refractivity contribution in [3.63, 3.8) is 0 Å². The highest BCUT2D eigenvalue weighted by atomic mass is 15.3. The van der Waals surface area contributed by atoms with Crippen molar-refractivity contribution < 1.29 is 0 Å². The Balaban J connectivity index is 1.91. The second-order valence-electron chi connectivity index (χ2n) is 5.95. The molecule has 0 aromatic carbocycles. The van der Waals surface area contributed by atoms with Gasteiger partial charge in [-0.1, -0.05) is 6.92 Å². The maximum atomic E-state index is 3.58. The molecule has 0 amide bonds. The van der Waals surface area contributed by atoms with E-state index in [9.17, 15) is 0 Å². The van der Waals surface area contributed by atoms with Gasteiger partial charge in [0.15, 0.2) is 0 Å². The van der Waals surface area contributed by atoms with Gasteiger partial charge in [-0.25, -0.2) is 0 Å². The van der Waals surface area contributed by atoms with Crippen molar-refractivity contribution in [1.82, 2.24) is 15.1 Å². The number of likely N-dealkylation sites (N-methyl/N-ethyl adjacent to an activating group) is 1. The summed E-state index contributed by atoms with van der Waals surface area (Å²) in [5, 5.41) is 3.58. The molecule has 2 aliphatic heterocycles. The van der Waals surface area contributed by atoms with Gasteiger partial charge >= 0.3 is 0 Å². The van der Waals surface area contributed by atoms with Crippen LogP contribution in [0.1, 0.15) is 26.2 Å². The van der Waals surface area contributed by atoms with Gasteiger partial charge < -0.3 is 10.2 Å². The molecule has 0 spiro atoms. The molecule has 2 saturated heterocycles. The Morgan fingerprint density at radius 1 is 1.31 bits per heavy atom. The summed E-state index contributed by atoms with van der Waals surface area (Å²) in [5.41, 5.74) is 0. The Labute approximate surface area is 100 Å². The van der Waals surface area contributed by atoms with E-state index >= 15 is 0 Å². The summed E-state index contributed by atoms with van der Waals surface area (Å²) in [6.45, 7) is 7.33. The molecule has 3 unspecified atom stereocenters. The lowest BCUT2D eigenvalue weighted by Crippen LogP contribution is -2.52. The third-order valence-corrected chi connectivity index (χ3v) is 4.01. The van der Waals surface area contributed by atoms with Gasteiger partial charge in [0.2, 0.25) is 0 Å². The zero-order valence-electron chi connectivity index (χ0n) is 11.1. The van der Waals surface area contributed by atoms with Crippen LogP contribution in [0.2, 0.25) is 0 Å². The highest BCUT2D eigenvalue weighted by Gasteiger charge is 2.32. The largest absolute Gasteiger partial charge is 0.315 e. The molecule has 1 N–H and O–H groups in total. The molecule has 3 atom stereocenters. The molecule has 94 valence electrons. The Hall–Kier alpha value is -0.120. The third-order valence-electron chi connectivity index (χ3n) is 4.01. The number of piperidine rings is 1. The molecule has 0 aromatic heterocycles. The third kappa shape index (κ3) is 2.96. The zero-order valence-corrected chi connectivity index (χ0v) is 11.1. The van der Waals surface area contributed by atoms with Crippen LogP contribution in [0.4, 0.5) is 0 Å². The minimum absolute atomic E-state index is 0.788. The number of nitrogens with one attached hydrogen (secondary N) is 1. The van der Waals surface area contributed by atoms with Crippen LogP contribution < -0.4 is 5.32 Å². The highest BCUT2D eigenvalue weighted by Crippen LogP contribution is 2.25. The monoisotopic (exact) mass is 225 g/mol. The molecule has 2 rings (SSSR count). The van der Waals surface area contributed by atoms with Gasteiger partial charge in [0, 0.05) is 25.2 Å². The van der Waals surface area contributed by atoms with Gasteiger partial charge in [-0.15, -0.1) is 0 Å². The quantitative estimate of drug-likeness (QED) is 0.773. The second kappa shape index (κ2) is 5.48. The summed E-state index contributed by atoms with van der Waals surface area (Å²) in [4.78, 5) is 5.10. The Morgan fingerprint density at radius 2 is 2.12 bits per heavy atom. The van der Waals surface area contributed by atoms with Gasteiger partial charge in [0.25, 0.3) is 0 Å².